The van der Waals surface area contributed by atoms with Gasteiger partial charge in [-0.1, -0.05) is 270 Å². The number of allylic oxidation sites excluding steroid dienone is 2. The number of aliphatic hydroxyl groups excluding tert-OH is 2. The van der Waals surface area contributed by atoms with Crippen LogP contribution >= 0.6 is 0 Å². The van der Waals surface area contributed by atoms with Crippen LogP contribution in [0.5, 0.6) is 0 Å². The third-order valence-corrected chi connectivity index (χ3v) is 13.6. The van der Waals surface area contributed by atoms with E-state index in [4.69, 9.17) is 4.74 Å². The van der Waals surface area contributed by atoms with E-state index in [1.807, 2.05) is 0 Å². The quantitative estimate of drug-likeness (QED) is 0.0321. The van der Waals surface area contributed by atoms with Crippen molar-refractivity contribution in [3.63, 3.8) is 0 Å². The Labute approximate surface area is 399 Å². The molecule has 0 rings (SSSR count). The summed E-state index contributed by atoms with van der Waals surface area (Å²) in [4.78, 5) is 24.5. The molecule has 0 aromatic heterocycles. The van der Waals surface area contributed by atoms with Gasteiger partial charge in [-0.05, 0) is 51.4 Å². The zero-order valence-corrected chi connectivity index (χ0v) is 43.3. The summed E-state index contributed by atoms with van der Waals surface area (Å²) < 4.78 is 5.46. The highest BCUT2D eigenvalue weighted by molar-refractivity contribution is 5.76. The lowest BCUT2D eigenvalue weighted by Crippen LogP contribution is -2.45. The van der Waals surface area contributed by atoms with E-state index in [2.05, 4.69) is 31.3 Å². The lowest BCUT2D eigenvalue weighted by atomic mass is 10.0. The highest BCUT2D eigenvalue weighted by atomic mass is 16.5. The number of carbonyl (C=O) groups is 2. The van der Waals surface area contributed by atoms with Crippen LogP contribution in [0.15, 0.2) is 12.2 Å². The monoisotopic (exact) mass is 904 g/mol. The van der Waals surface area contributed by atoms with Gasteiger partial charge in [-0.25, -0.2) is 0 Å². The molecule has 0 aliphatic carbocycles. The van der Waals surface area contributed by atoms with Crippen molar-refractivity contribution in [2.24, 2.45) is 0 Å². The molecular weight excluding hydrogens is 791 g/mol. The number of unbranched alkanes of at least 4 members (excludes halogenated alkanes) is 41. The molecule has 3 N–H and O–H groups in total. The second kappa shape index (κ2) is 54.2. The Kier molecular flexibility index (Phi) is 53.0. The standard InChI is InChI=1S/C58H113NO5/c1-3-5-7-9-11-13-15-17-19-20-21-22-23-24-25-27-28-30-34-38-42-46-50-56(61)55(54-60)59-57(62)51-47-43-39-35-32-33-37-41-45-49-53-64-58(63)52-48-44-40-36-31-29-26-18-16-14-12-10-8-6-4-2/h18,26,55-56,60-61H,3-17,19-25,27-54H2,1-2H3,(H,59,62)/b26-18-. The van der Waals surface area contributed by atoms with Crippen LogP contribution in [0.1, 0.15) is 322 Å². The van der Waals surface area contributed by atoms with Crippen molar-refractivity contribution in [2.75, 3.05) is 13.2 Å². The van der Waals surface area contributed by atoms with E-state index in [-0.39, 0.29) is 18.5 Å². The average Bonchev–Trinajstić information content (AvgIpc) is 3.29. The van der Waals surface area contributed by atoms with Crippen LogP contribution in [0, 0.1) is 0 Å². The van der Waals surface area contributed by atoms with E-state index < -0.39 is 12.1 Å². The maximum Gasteiger partial charge on any atom is 0.305 e. The Morgan fingerprint density at radius 3 is 1.11 bits per heavy atom. The van der Waals surface area contributed by atoms with Gasteiger partial charge in [0.2, 0.25) is 5.91 Å². The molecule has 0 aliphatic heterocycles. The van der Waals surface area contributed by atoms with Crippen LogP contribution < -0.4 is 5.32 Å². The minimum Gasteiger partial charge on any atom is -0.466 e. The average molecular weight is 905 g/mol. The van der Waals surface area contributed by atoms with E-state index in [0.29, 0.717) is 25.9 Å². The third-order valence-electron chi connectivity index (χ3n) is 13.6. The number of aliphatic hydroxyl groups is 2. The maximum atomic E-state index is 12.5. The molecule has 0 aromatic carbocycles. The summed E-state index contributed by atoms with van der Waals surface area (Å²) in [6.45, 7) is 4.92. The van der Waals surface area contributed by atoms with Crippen molar-refractivity contribution in [3.8, 4) is 0 Å². The Morgan fingerprint density at radius 2 is 0.734 bits per heavy atom. The molecule has 0 saturated heterocycles. The summed E-state index contributed by atoms with van der Waals surface area (Å²) in [6, 6.07) is -0.559. The molecule has 6 nitrogen and oxygen atoms in total. The zero-order chi connectivity index (χ0) is 46.5. The fraction of sp³-hybridized carbons (Fsp3) is 0.931. The van der Waals surface area contributed by atoms with E-state index >= 15 is 0 Å². The van der Waals surface area contributed by atoms with E-state index in [0.717, 1.165) is 57.8 Å². The molecule has 0 aliphatic rings. The predicted molar refractivity (Wildman–Crippen MR) is 278 cm³/mol. The summed E-state index contributed by atoms with van der Waals surface area (Å²) in [5.41, 5.74) is 0. The maximum absolute atomic E-state index is 12.5. The van der Waals surface area contributed by atoms with Gasteiger partial charge in [0.15, 0.2) is 0 Å². The van der Waals surface area contributed by atoms with Gasteiger partial charge < -0.3 is 20.3 Å². The first kappa shape index (κ1) is 62.6. The van der Waals surface area contributed by atoms with Crippen LogP contribution in [0.2, 0.25) is 0 Å². The molecule has 0 saturated carbocycles. The Morgan fingerprint density at radius 1 is 0.422 bits per heavy atom. The largest absolute Gasteiger partial charge is 0.466 e. The molecule has 2 unspecified atom stereocenters. The van der Waals surface area contributed by atoms with Crippen molar-refractivity contribution in [2.45, 2.75) is 334 Å². The molecule has 0 heterocycles. The number of rotatable bonds is 54. The summed E-state index contributed by atoms with van der Waals surface area (Å²) in [7, 11) is 0. The lowest BCUT2D eigenvalue weighted by molar-refractivity contribution is -0.143. The molecule has 0 radical (unpaired) electrons. The van der Waals surface area contributed by atoms with Crippen LogP contribution in [0.4, 0.5) is 0 Å². The van der Waals surface area contributed by atoms with Crippen LogP contribution in [-0.4, -0.2) is 47.4 Å². The Hall–Kier alpha value is -1.40. The van der Waals surface area contributed by atoms with Gasteiger partial charge in [0.05, 0.1) is 25.4 Å². The van der Waals surface area contributed by atoms with Crippen molar-refractivity contribution in [1.29, 1.82) is 0 Å². The van der Waals surface area contributed by atoms with E-state index in [1.165, 1.54) is 231 Å². The van der Waals surface area contributed by atoms with Gasteiger partial charge in [-0.15, -0.1) is 0 Å². The highest BCUT2D eigenvalue weighted by Gasteiger charge is 2.20. The summed E-state index contributed by atoms with van der Waals surface area (Å²) >= 11 is 0. The summed E-state index contributed by atoms with van der Waals surface area (Å²) in [6.07, 6.45) is 63.4. The molecule has 2 atom stereocenters. The fourth-order valence-corrected chi connectivity index (χ4v) is 9.11. The number of amides is 1. The van der Waals surface area contributed by atoms with Gasteiger partial charge in [0.1, 0.15) is 0 Å². The molecule has 0 fully saturated rings. The minimum atomic E-state index is -0.680. The predicted octanol–water partition coefficient (Wildman–Crippen LogP) is 17.7. The molecule has 64 heavy (non-hydrogen) atoms. The van der Waals surface area contributed by atoms with E-state index in [1.54, 1.807) is 0 Å². The normalized spacial score (nSPS) is 12.6. The number of nitrogens with one attached hydrogen (secondary N) is 1. The SMILES string of the molecule is CCCCCCCC/C=C\CCCCCCCC(=O)OCCCCCCCCCCCCC(=O)NC(CO)C(O)CCCCCCCCCCCCCCCCCCCCCCCC. The Bertz CT molecular complexity index is 955. The molecular formula is C58H113NO5. The molecule has 1 amide bonds. The number of hydrogen-bond acceptors (Lipinski definition) is 5. The van der Waals surface area contributed by atoms with Crippen molar-refractivity contribution >= 4 is 11.9 Å². The minimum absolute atomic E-state index is 0.0255. The molecule has 0 aromatic rings. The third kappa shape index (κ3) is 50.0. The second-order valence-corrected chi connectivity index (χ2v) is 20.0. The lowest BCUT2D eigenvalue weighted by Gasteiger charge is -2.22. The fourth-order valence-electron chi connectivity index (χ4n) is 9.11. The van der Waals surface area contributed by atoms with Crippen LogP contribution in [0.3, 0.4) is 0 Å². The molecule has 0 bridgehead atoms. The van der Waals surface area contributed by atoms with Gasteiger partial charge >= 0.3 is 5.97 Å². The number of ether oxygens (including phenoxy) is 1. The highest BCUT2D eigenvalue weighted by Crippen LogP contribution is 2.17. The van der Waals surface area contributed by atoms with Gasteiger partial charge in [-0.3, -0.25) is 9.59 Å². The second-order valence-electron chi connectivity index (χ2n) is 20.0. The Balaban J connectivity index is 3.46. The zero-order valence-electron chi connectivity index (χ0n) is 43.3. The number of carbonyl (C=O) groups excluding carboxylic acids is 2. The summed E-state index contributed by atoms with van der Waals surface area (Å²) in [5.74, 6) is -0.0802. The van der Waals surface area contributed by atoms with Crippen molar-refractivity contribution in [1.82, 2.24) is 5.32 Å². The molecule has 0 spiro atoms. The first-order chi connectivity index (χ1) is 31.5. The van der Waals surface area contributed by atoms with Crippen molar-refractivity contribution in [3.05, 3.63) is 12.2 Å². The molecule has 6 heteroatoms. The van der Waals surface area contributed by atoms with Crippen molar-refractivity contribution < 1.29 is 24.5 Å². The van der Waals surface area contributed by atoms with Crippen LogP contribution in [0.25, 0.3) is 0 Å². The topological polar surface area (TPSA) is 95.9 Å². The van der Waals surface area contributed by atoms with E-state index in [9.17, 15) is 19.8 Å². The van der Waals surface area contributed by atoms with Crippen LogP contribution in [-0.2, 0) is 14.3 Å². The molecule has 380 valence electrons. The first-order valence-corrected chi connectivity index (χ1v) is 28.9. The van der Waals surface area contributed by atoms with Gasteiger partial charge in [-0.2, -0.15) is 0 Å². The number of hydrogen-bond donors (Lipinski definition) is 3. The smallest absolute Gasteiger partial charge is 0.305 e. The summed E-state index contributed by atoms with van der Waals surface area (Å²) in [5, 5.41) is 23.3. The van der Waals surface area contributed by atoms with Gasteiger partial charge in [0.25, 0.3) is 0 Å². The number of esters is 1. The first-order valence-electron chi connectivity index (χ1n) is 28.9. The van der Waals surface area contributed by atoms with Gasteiger partial charge in [0, 0.05) is 12.8 Å².